The first-order chi connectivity index (χ1) is 14.7. The Bertz CT molecular complexity index is 1160. The number of amides is 1. The molecule has 2 aromatic carbocycles. The normalized spacial score (nSPS) is 17.0. The Morgan fingerprint density at radius 2 is 1.62 bits per heavy atom. The van der Waals surface area contributed by atoms with Crippen LogP contribution in [-0.4, -0.2) is 45.0 Å². The van der Waals surface area contributed by atoms with Crippen LogP contribution in [0.5, 0.6) is 0 Å². The molecule has 0 saturated carbocycles. The minimum Gasteiger partial charge on any atom is -0.343 e. The van der Waals surface area contributed by atoms with Gasteiger partial charge in [0.05, 0.1) is 18.5 Å². The van der Waals surface area contributed by atoms with Crippen molar-refractivity contribution in [2.24, 2.45) is 0 Å². The third kappa shape index (κ3) is 5.64. The Hall–Kier alpha value is -1.64. The summed E-state index contributed by atoms with van der Waals surface area (Å²) in [4.78, 5) is 13.2. The number of hydrogen-bond acceptors (Lipinski definition) is 3. The zero-order chi connectivity index (χ0) is 23.9. The Morgan fingerprint density at radius 3 is 2.19 bits per heavy atom. The highest BCUT2D eigenvalue weighted by Gasteiger charge is 2.39. The maximum atomic E-state index is 13.4. The molecule has 9 heteroatoms. The van der Waals surface area contributed by atoms with Gasteiger partial charge in [0.15, 0.2) is 0 Å². The maximum absolute atomic E-state index is 13.4. The van der Waals surface area contributed by atoms with Crippen LogP contribution in [0.1, 0.15) is 29.8 Å². The lowest BCUT2D eigenvalue weighted by Gasteiger charge is -2.40. The molecule has 0 unspecified atom stereocenters. The van der Waals surface area contributed by atoms with Crippen molar-refractivity contribution >= 4 is 47.2 Å². The van der Waals surface area contributed by atoms with Gasteiger partial charge >= 0.3 is 0 Å². The number of carbonyl (C=O) groups excluding carboxylic acids is 1. The van der Waals surface area contributed by atoms with Crippen molar-refractivity contribution in [3.8, 4) is 0 Å². The smallest absolute Gasteiger partial charge is 0.252 e. The molecule has 1 aliphatic rings. The lowest BCUT2D eigenvalue weighted by atomic mass is 9.94. The van der Waals surface area contributed by atoms with Crippen LogP contribution in [-0.2, 0) is 10.0 Å². The number of carbonyl (C=O) groups is 1. The summed E-state index contributed by atoms with van der Waals surface area (Å²) in [5.41, 5.74) is 3.66. The van der Waals surface area contributed by atoms with Gasteiger partial charge in [0, 0.05) is 28.3 Å². The number of aryl methyl sites for hydroxylation is 1. The van der Waals surface area contributed by atoms with Crippen molar-refractivity contribution < 1.29 is 13.2 Å². The average molecular weight is 512 g/mol. The largest absolute Gasteiger partial charge is 0.343 e. The number of nitrogens with one attached hydrogen (secondary N) is 1. The number of nitrogens with zero attached hydrogens (tertiary/aromatic N) is 1. The molecule has 0 radical (unpaired) electrons. The van der Waals surface area contributed by atoms with E-state index in [-0.39, 0.29) is 17.3 Å². The van der Waals surface area contributed by atoms with Gasteiger partial charge in [-0.05, 0) is 56.7 Å². The van der Waals surface area contributed by atoms with Crippen LogP contribution in [0, 0.1) is 6.92 Å². The molecule has 0 saturated heterocycles. The van der Waals surface area contributed by atoms with Gasteiger partial charge in [-0.3, -0.25) is 4.79 Å². The summed E-state index contributed by atoms with van der Waals surface area (Å²) in [6, 6.07) is 11.6. The van der Waals surface area contributed by atoms with Gasteiger partial charge in [-0.15, -0.1) is 0 Å². The lowest BCUT2D eigenvalue weighted by Crippen LogP contribution is -2.55. The number of sulfonamides is 1. The van der Waals surface area contributed by atoms with E-state index in [0.717, 1.165) is 11.1 Å². The second-order valence-electron chi connectivity index (χ2n) is 9.48. The fourth-order valence-electron chi connectivity index (χ4n) is 3.79. The predicted molar refractivity (Wildman–Crippen MR) is 134 cm³/mol. The Morgan fingerprint density at radius 1 is 1.06 bits per heavy atom. The summed E-state index contributed by atoms with van der Waals surface area (Å²) in [6.07, 6.45) is 0.487. The van der Waals surface area contributed by atoms with E-state index >= 15 is 0 Å². The highest BCUT2D eigenvalue weighted by molar-refractivity contribution is 7.89. The van der Waals surface area contributed by atoms with E-state index < -0.39 is 23.6 Å². The first-order valence-corrected chi connectivity index (χ1v) is 15.8. The molecule has 1 heterocycles. The third-order valence-corrected chi connectivity index (χ3v) is 10.3. The van der Waals surface area contributed by atoms with Crippen molar-refractivity contribution in [2.45, 2.75) is 44.3 Å². The molecule has 0 spiro atoms. The molecule has 32 heavy (non-hydrogen) atoms. The molecule has 0 aliphatic carbocycles. The molecule has 5 nitrogen and oxygen atoms in total. The van der Waals surface area contributed by atoms with Crippen LogP contribution < -0.4 is 5.32 Å². The van der Waals surface area contributed by atoms with Crippen LogP contribution in [0.15, 0.2) is 58.6 Å². The van der Waals surface area contributed by atoms with Gasteiger partial charge in [0.2, 0.25) is 10.0 Å². The van der Waals surface area contributed by atoms with Gasteiger partial charge in [0.25, 0.3) is 5.91 Å². The monoisotopic (exact) mass is 510 g/mol. The fraction of sp³-hybridized carbons (Fsp3) is 0.348. The molecule has 172 valence electrons. The second kappa shape index (κ2) is 8.95. The lowest BCUT2D eigenvalue weighted by molar-refractivity contribution is 0.0922. The number of benzene rings is 2. The average Bonchev–Trinajstić information content (AvgIpc) is 2.66. The fourth-order valence-corrected chi connectivity index (χ4v) is 9.59. The van der Waals surface area contributed by atoms with Gasteiger partial charge in [-0.2, -0.15) is 4.31 Å². The SMILES string of the molecule is Cc1ccc(S(=O)(=O)N2CC(C(C)(C)NC(=O)c3cc(Cl)cc(Cl)c3)=C[Si](C)(C)C2)cc1. The van der Waals surface area contributed by atoms with E-state index in [1.165, 1.54) is 0 Å². The molecular weight excluding hydrogens is 483 g/mol. The van der Waals surface area contributed by atoms with Gasteiger partial charge in [0.1, 0.15) is 0 Å². The topological polar surface area (TPSA) is 66.5 Å². The quantitative estimate of drug-likeness (QED) is 0.560. The molecule has 0 fully saturated rings. The zero-order valence-electron chi connectivity index (χ0n) is 18.9. The molecular formula is C23H28Cl2N2O3SSi. The Labute approximate surface area is 201 Å². The molecule has 0 bridgehead atoms. The van der Waals surface area contributed by atoms with Gasteiger partial charge in [-0.1, -0.05) is 59.7 Å². The van der Waals surface area contributed by atoms with E-state index in [4.69, 9.17) is 23.2 Å². The van der Waals surface area contributed by atoms with Crippen LogP contribution in [0.2, 0.25) is 23.1 Å². The van der Waals surface area contributed by atoms with Crippen LogP contribution >= 0.6 is 23.2 Å². The first kappa shape index (κ1) is 25.0. The highest BCUT2D eigenvalue weighted by atomic mass is 35.5. The van der Waals surface area contributed by atoms with Crippen molar-refractivity contribution in [3.05, 3.63) is 74.9 Å². The van der Waals surface area contributed by atoms with Gasteiger partial charge < -0.3 is 5.32 Å². The Kier molecular flexibility index (Phi) is 6.99. The van der Waals surface area contributed by atoms with Gasteiger partial charge in [-0.25, -0.2) is 8.42 Å². The summed E-state index contributed by atoms with van der Waals surface area (Å²) in [5.74, 6) is -0.321. The summed E-state index contributed by atoms with van der Waals surface area (Å²) >= 11 is 12.1. The predicted octanol–water partition coefficient (Wildman–Crippen LogP) is 5.23. The summed E-state index contributed by atoms with van der Waals surface area (Å²) < 4.78 is 28.3. The molecule has 1 amide bonds. The number of halogens is 2. The van der Waals surface area contributed by atoms with E-state index in [1.807, 2.05) is 20.8 Å². The van der Waals surface area contributed by atoms with E-state index in [2.05, 4.69) is 24.1 Å². The van der Waals surface area contributed by atoms with Crippen LogP contribution in [0.4, 0.5) is 0 Å². The summed E-state index contributed by atoms with van der Waals surface area (Å²) in [7, 11) is -5.69. The third-order valence-electron chi connectivity index (χ3n) is 5.51. The number of rotatable bonds is 5. The highest BCUT2D eigenvalue weighted by Crippen LogP contribution is 2.30. The molecule has 0 atom stereocenters. The first-order valence-electron chi connectivity index (χ1n) is 10.3. The molecule has 3 rings (SSSR count). The van der Waals surface area contributed by atoms with Crippen molar-refractivity contribution in [1.82, 2.24) is 9.62 Å². The minimum atomic E-state index is -3.66. The molecule has 1 aliphatic heterocycles. The Balaban J connectivity index is 1.89. The van der Waals surface area contributed by atoms with Crippen LogP contribution in [0.3, 0.4) is 0 Å². The van der Waals surface area contributed by atoms with Crippen molar-refractivity contribution in [2.75, 3.05) is 12.7 Å². The standard InChI is InChI=1S/C23H28Cl2N2O3SSi/c1-16-6-8-21(9-7-16)31(29,30)27-13-18(14-32(4,5)15-27)23(2,3)26-22(28)17-10-19(24)12-20(25)11-17/h6-12,14H,13,15H2,1-5H3,(H,26,28). The molecule has 1 N–H and O–H groups in total. The van der Waals surface area contributed by atoms with E-state index in [1.54, 1.807) is 46.8 Å². The summed E-state index contributed by atoms with van der Waals surface area (Å²) in [5, 5.41) is 3.78. The second-order valence-corrected chi connectivity index (χ2v) is 16.9. The maximum Gasteiger partial charge on any atom is 0.252 e. The van der Waals surface area contributed by atoms with Crippen LogP contribution in [0.25, 0.3) is 0 Å². The summed E-state index contributed by atoms with van der Waals surface area (Å²) in [6.45, 7) is 10.2. The molecule has 0 aromatic heterocycles. The number of hydrogen-bond donors (Lipinski definition) is 1. The van der Waals surface area contributed by atoms with Crippen molar-refractivity contribution in [3.63, 3.8) is 0 Å². The van der Waals surface area contributed by atoms with E-state index in [9.17, 15) is 13.2 Å². The minimum absolute atomic E-state index is 0.218. The molecule has 2 aromatic rings. The van der Waals surface area contributed by atoms with Crippen molar-refractivity contribution in [1.29, 1.82) is 0 Å². The zero-order valence-corrected chi connectivity index (χ0v) is 22.2. The van der Waals surface area contributed by atoms with E-state index in [0.29, 0.717) is 21.8 Å².